The van der Waals surface area contributed by atoms with E-state index in [1.54, 1.807) is 0 Å². The second kappa shape index (κ2) is 12.2. The molecule has 0 bridgehead atoms. The minimum Gasteiger partial charge on any atom is -1.00 e. The number of phenolic OH excluding ortho intramolecular Hbond substituents is 2. The van der Waals surface area contributed by atoms with E-state index < -0.39 is 35.0 Å². The third-order valence-electron chi connectivity index (χ3n) is 6.90. The maximum Gasteiger partial charge on any atom is 0.416 e. The first kappa shape index (κ1) is 30.4. The van der Waals surface area contributed by atoms with Crippen molar-refractivity contribution in [3.63, 3.8) is 0 Å². The van der Waals surface area contributed by atoms with Crippen molar-refractivity contribution in [2.24, 2.45) is 0 Å². The molecule has 0 saturated carbocycles. The van der Waals surface area contributed by atoms with Crippen LogP contribution in [0, 0.1) is 0 Å². The van der Waals surface area contributed by atoms with Gasteiger partial charge in [0.05, 0.1) is 16.7 Å². The lowest BCUT2D eigenvalue weighted by molar-refractivity contribution is -0.688. The fraction of sp³-hybridized carbons (Fsp3) is 0.161. The van der Waals surface area contributed by atoms with Crippen LogP contribution in [0.4, 0.5) is 13.2 Å². The highest BCUT2D eigenvalue weighted by Gasteiger charge is 2.35. The number of hydrogen-bond donors (Lipinski definition) is 3. The number of carbonyl (C=O) groups excluding carboxylic acids is 3. The van der Waals surface area contributed by atoms with Crippen molar-refractivity contribution in [1.82, 2.24) is 5.32 Å². The van der Waals surface area contributed by atoms with E-state index >= 15 is 0 Å². The Morgan fingerprint density at radius 3 is 2.14 bits per heavy atom. The summed E-state index contributed by atoms with van der Waals surface area (Å²) in [5, 5.41) is 23.3. The quantitative estimate of drug-likeness (QED) is 0.185. The Bertz CT molecular complexity index is 1670. The molecule has 1 aliphatic carbocycles. The molecule has 0 aliphatic heterocycles. The Hall–Kier alpha value is -4.51. The van der Waals surface area contributed by atoms with Crippen molar-refractivity contribution in [1.29, 1.82) is 0 Å². The van der Waals surface area contributed by atoms with Crippen LogP contribution in [0.1, 0.15) is 65.3 Å². The second-order valence-electron chi connectivity index (χ2n) is 9.71. The number of fused-ring (bicyclic) bond motifs is 2. The van der Waals surface area contributed by atoms with Gasteiger partial charge in [-0.05, 0) is 48.7 Å². The van der Waals surface area contributed by atoms with E-state index in [1.807, 2.05) is 29.1 Å². The molecule has 3 N–H and O–H groups in total. The molecule has 11 heteroatoms. The van der Waals surface area contributed by atoms with Crippen LogP contribution >= 0.6 is 0 Å². The SMILES string of the molecule is O=C(NCCCc1cc[n+](Cc2ccc(C(F)(F)F)cc2)cc1)c1cc(O)c2c(c1)C(=O)c1cccc(O)c1C2=O.[Br-]. The summed E-state index contributed by atoms with van der Waals surface area (Å²) in [4.78, 5) is 38.6. The maximum absolute atomic E-state index is 13.0. The van der Waals surface area contributed by atoms with Crippen LogP contribution in [0.25, 0.3) is 0 Å². The van der Waals surface area contributed by atoms with Crippen LogP contribution < -0.4 is 26.9 Å². The minimum absolute atomic E-state index is 0. The second-order valence-corrected chi connectivity index (χ2v) is 9.71. The van der Waals surface area contributed by atoms with Crippen LogP contribution in [0.5, 0.6) is 11.5 Å². The molecule has 216 valence electrons. The van der Waals surface area contributed by atoms with Crippen LogP contribution in [0.15, 0.2) is 79.1 Å². The molecule has 0 unspecified atom stereocenters. The highest BCUT2D eigenvalue weighted by atomic mass is 79.9. The number of nitrogens with zero attached hydrogens (tertiary/aromatic N) is 1. The number of hydrogen-bond acceptors (Lipinski definition) is 5. The first-order chi connectivity index (χ1) is 19.5. The molecule has 1 heterocycles. The Labute approximate surface area is 249 Å². The van der Waals surface area contributed by atoms with E-state index in [-0.39, 0.29) is 50.5 Å². The van der Waals surface area contributed by atoms with Gasteiger partial charge >= 0.3 is 6.18 Å². The van der Waals surface area contributed by atoms with Gasteiger partial charge in [0.1, 0.15) is 11.5 Å². The third kappa shape index (κ3) is 6.20. The zero-order chi connectivity index (χ0) is 29.3. The molecule has 1 aromatic heterocycles. The number of phenols is 2. The van der Waals surface area contributed by atoms with Gasteiger partial charge in [-0.15, -0.1) is 0 Å². The van der Waals surface area contributed by atoms with Gasteiger partial charge in [0.25, 0.3) is 5.91 Å². The van der Waals surface area contributed by atoms with Crippen molar-refractivity contribution in [3.05, 3.63) is 124 Å². The van der Waals surface area contributed by atoms with Crippen molar-refractivity contribution >= 4 is 17.5 Å². The molecule has 3 aromatic carbocycles. The van der Waals surface area contributed by atoms with Crippen LogP contribution in [-0.2, 0) is 19.1 Å². The lowest BCUT2D eigenvalue weighted by Crippen LogP contribution is -3.00. The van der Waals surface area contributed by atoms with Crippen LogP contribution in [-0.4, -0.2) is 34.2 Å². The molecule has 0 atom stereocenters. The first-order valence-electron chi connectivity index (χ1n) is 12.7. The standard InChI is InChI=1S/C31H23F3N2O5.BrH/c32-31(33,34)21-8-6-19(7-9-21)17-36-13-10-18(11-14-36)3-2-12-35-30(41)20-15-23-27(25(38)16-20)29(40)26-22(28(23)39)4-1-5-24(26)37;/h1,4-11,13-16H,2-3,12,17H2,(H2-,35,37,38,40,41);1H. The fourth-order valence-electron chi connectivity index (χ4n) is 4.78. The first-order valence-corrected chi connectivity index (χ1v) is 12.7. The van der Waals surface area contributed by atoms with Crippen molar-refractivity contribution < 1.29 is 59.3 Å². The molecule has 42 heavy (non-hydrogen) atoms. The molecule has 4 aromatic rings. The average Bonchev–Trinajstić information content (AvgIpc) is 2.94. The lowest BCUT2D eigenvalue weighted by atomic mass is 9.82. The summed E-state index contributed by atoms with van der Waals surface area (Å²) in [7, 11) is 0. The highest BCUT2D eigenvalue weighted by molar-refractivity contribution is 6.30. The van der Waals surface area contributed by atoms with Gasteiger partial charge in [-0.1, -0.05) is 24.3 Å². The highest BCUT2D eigenvalue weighted by Crippen LogP contribution is 2.37. The number of nitrogens with one attached hydrogen (secondary N) is 1. The minimum atomic E-state index is -4.37. The van der Waals surface area contributed by atoms with E-state index in [1.165, 1.54) is 36.4 Å². The van der Waals surface area contributed by atoms with Gasteiger partial charge in [-0.3, -0.25) is 14.4 Å². The summed E-state index contributed by atoms with van der Waals surface area (Å²) in [6.07, 6.45) is 0.530. The number of benzene rings is 3. The van der Waals surface area contributed by atoms with Gasteiger partial charge in [-0.25, -0.2) is 4.57 Å². The fourth-order valence-corrected chi connectivity index (χ4v) is 4.78. The number of aryl methyl sites for hydroxylation is 1. The normalized spacial score (nSPS) is 12.3. The van der Waals surface area contributed by atoms with E-state index in [4.69, 9.17) is 0 Å². The summed E-state index contributed by atoms with van der Waals surface area (Å²) >= 11 is 0. The van der Waals surface area contributed by atoms with Gasteiger partial charge in [0.2, 0.25) is 5.78 Å². The number of aromatic nitrogens is 1. The molecule has 1 amide bonds. The van der Waals surface area contributed by atoms with Crippen molar-refractivity contribution in [2.45, 2.75) is 25.6 Å². The third-order valence-corrected chi connectivity index (χ3v) is 6.90. The van der Waals surface area contributed by atoms with Crippen molar-refractivity contribution in [3.8, 4) is 11.5 Å². The number of alkyl halides is 3. The summed E-state index contributed by atoms with van der Waals surface area (Å²) < 4.78 is 40.1. The summed E-state index contributed by atoms with van der Waals surface area (Å²) in [6, 6.07) is 15.3. The van der Waals surface area contributed by atoms with Gasteiger partial charge in [0.15, 0.2) is 24.7 Å². The van der Waals surface area contributed by atoms with E-state index in [9.17, 15) is 37.8 Å². The number of halogens is 4. The lowest BCUT2D eigenvalue weighted by Gasteiger charge is -2.20. The number of rotatable bonds is 7. The molecule has 0 radical (unpaired) electrons. The van der Waals surface area contributed by atoms with E-state index in [0.717, 1.165) is 29.3 Å². The number of amides is 1. The Kier molecular flexibility index (Phi) is 8.81. The summed E-state index contributed by atoms with van der Waals surface area (Å²) in [6.45, 7) is 0.726. The van der Waals surface area contributed by atoms with E-state index in [2.05, 4.69) is 5.32 Å². The molecule has 0 spiro atoms. The van der Waals surface area contributed by atoms with Crippen molar-refractivity contribution in [2.75, 3.05) is 6.54 Å². The maximum atomic E-state index is 13.0. The Morgan fingerprint density at radius 1 is 0.810 bits per heavy atom. The van der Waals surface area contributed by atoms with Gasteiger partial charge in [0, 0.05) is 40.9 Å². The largest absolute Gasteiger partial charge is 1.00 e. The molecule has 0 saturated heterocycles. The monoisotopic (exact) mass is 640 g/mol. The molecule has 7 nitrogen and oxygen atoms in total. The smallest absolute Gasteiger partial charge is 0.416 e. The zero-order valence-electron chi connectivity index (χ0n) is 21.9. The Balaban J connectivity index is 0.00000405. The summed E-state index contributed by atoms with van der Waals surface area (Å²) in [5.74, 6) is -2.67. The number of aromatic hydroxyl groups is 2. The average molecular weight is 641 g/mol. The summed E-state index contributed by atoms with van der Waals surface area (Å²) in [5.41, 5.74) is 0.543. The molecule has 5 rings (SSSR count). The Morgan fingerprint density at radius 2 is 1.48 bits per heavy atom. The number of pyridine rings is 1. The molecule has 1 aliphatic rings. The number of ketones is 2. The molecular formula is C31H24BrF3N2O5. The number of carbonyl (C=O) groups is 3. The van der Waals surface area contributed by atoms with Gasteiger partial charge in [-0.2, -0.15) is 13.2 Å². The topological polar surface area (TPSA) is 108 Å². The van der Waals surface area contributed by atoms with Gasteiger partial charge < -0.3 is 32.5 Å². The molecular weight excluding hydrogens is 617 g/mol. The molecule has 0 fully saturated rings. The van der Waals surface area contributed by atoms with Crippen LogP contribution in [0.3, 0.4) is 0 Å². The van der Waals surface area contributed by atoms with E-state index in [0.29, 0.717) is 25.9 Å². The van der Waals surface area contributed by atoms with Crippen LogP contribution in [0.2, 0.25) is 0 Å². The predicted molar refractivity (Wildman–Crippen MR) is 141 cm³/mol. The predicted octanol–water partition coefficient (Wildman–Crippen LogP) is 1.59. The zero-order valence-corrected chi connectivity index (χ0v) is 23.5.